The maximum Gasteiger partial charge on any atom is 0.248 e. The lowest BCUT2D eigenvalue weighted by Gasteiger charge is -2.34. The minimum Gasteiger partial charge on any atom is -0.474 e. The van der Waals surface area contributed by atoms with Gasteiger partial charge in [0, 0.05) is 43.9 Å². The average molecular weight is 525 g/mol. The molecule has 1 saturated heterocycles. The third-order valence-corrected chi connectivity index (χ3v) is 7.81. The van der Waals surface area contributed by atoms with Crippen molar-refractivity contribution < 1.29 is 19.4 Å². The summed E-state index contributed by atoms with van der Waals surface area (Å²) in [7, 11) is 0. The van der Waals surface area contributed by atoms with Crippen LogP contribution in [0.3, 0.4) is 0 Å². The Balaban J connectivity index is 1.22. The van der Waals surface area contributed by atoms with Crippen LogP contribution in [0.2, 0.25) is 0 Å². The number of aliphatic hydroxyl groups is 1. The van der Waals surface area contributed by atoms with Crippen molar-refractivity contribution in [3.05, 3.63) is 35.8 Å². The maximum absolute atomic E-state index is 13.8. The maximum atomic E-state index is 13.8. The number of amides is 2. The molecular formula is C28H40N6O4. The van der Waals surface area contributed by atoms with Crippen molar-refractivity contribution in [2.24, 2.45) is 5.41 Å². The Morgan fingerprint density at radius 2 is 1.92 bits per heavy atom. The Labute approximate surface area is 224 Å². The van der Waals surface area contributed by atoms with Gasteiger partial charge in [-0.1, -0.05) is 38.5 Å². The Morgan fingerprint density at radius 1 is 1.16 bits per heavy atom. The monoisotopic (exact) mass is 524 g/mol. The number of likely N-dealkylation sites (tertiary alicyclic amines) is 1. The first-order chi connectivity index (χ1) is 18.2. The van der Waals surface area contributed by atoms with E-state index in [2.05, 4.69) is 20.6 Å². The number of β-amino-alcohol motifs (C(OH)–C–C–N with tert-alkyl or cyclic N) is 1. The van der Waals surface area contributed by atoms with Gasteiger partial charge in [-0.2, -0.15) is 0 Å². The van der Waals surface area contributed by atoms with E-state index >= 15 is 0 Å². The number of carbonyl (C=O) groups excluding carboxylic acids is 2. The molecule has 2 unspecified atom stereocenters. The number of ether oxygens (including phenoxy) is 1. The van der Waals surface area contributed by atoms with Crippen LogP contribution < -0.4 is 10.1 Å². The van der Waals surface area contributed by atoms with E-state index in [0.717, 1.165) is 36.9 Å². The highest BCUT2D eigenvalue weighted by Crippen LogP contribution is 2.40. The molecule has 2 amide bonds. The van der Waals surface area contributed by atoms with Crippen LogP contribution >= 0.6 is 0 Å². The second kappa shape index (κ2) is 11.0. The molecule has 3 aliphatic rings. The summed E-state index contributed by atoms with van der Waals surface area (Å²) in [4.78, 5) is 33.0. The van der Waals surface area contributed by atoms with Crippen LogP contribution in [-0.4, -0.2) is 66.6 Å². The van der Waals surface area contributed by atoms with Crippen LogP contribution in [-0.2, 0) is 16.1 Å². The van der Waals surface area contributed by atoms with E-state index in [1.165, 1.54) is 24.2 Å². The van der Waals surface area contributed by atoms with Crippen LogP contribution in [0.1, 0.15) is 95.4 Å². The fourth-order valence-electron chi connectivity index (χ4n) is 5.57. The molecule has 2 saturated carbocycles. The summed E-state index contributed by atoms with van der Waals surface area (Å²) in [5, 5.41) is 21.9. The van der Waals surface area contributed by atoms with Crippen molar-refractivity contribution in [1.29, 1.82) is 0 Å². The molecule has 0 radical (unpaired) electrons. The van der Waals surface area contributed by atoms with Gasteiger partial charge in [-0.15, -0.1) is 5.10 Å². The molecule has 2 aromatic rings. The second-order valence-electron chi connectivity index (χ2n) is 12.2. The highest BCUT2D eigenvalue weighted by atomic mass is 16.5. The Morgan fingerprint density at radius 3 is 2.58 bits per heavy atom. The molecule has 2 aromatic heterocycles. The molecule has 0 aromatic carbocycles. The first-order valence-corrected chi connectivity index (χ1v) is 14.0. The Hall–Kier alpha value is -3.01. The highest BCUT2D eigenvalue weighted by molar-refractivity contribution is 5.90. The standard InChI is InChI=1S/C28H40N6O4/c1-28(2,3)25(34-17-22(31-32-34)19-10-11-19)27(37)33-16-20(35)13-23(33)26(36)30-15-18-9-12-24(29-14-18)38-21-7-5-4-6-8-21/h9,12,14,17,19-21,23,25,35H,4-8,10-11,13,15-16H2,1-3H3,(H,30,36)/t20?,23?,25-/m1/s1. The van der Waals surface area contributed by atoms with Crippen molar-refractivity contribution in [3.8, 4) is 5.88 Å². The zero-order valence-electron chi connectivity index (χ0n) is 22.7. The third kappa shape index (κ3) is 6.17. The SMILES string of the molecule is CC(C)(C)[C@@H](C(=O)N1CC(O)CC1C(=O)NCc1ccc(OC2CCCCC2)nc1)n1cc(C2CC2)nn1. The second-order valence-corrected chi connectivity index (χ2v) is 12.2. The number of hydrogen-bond acceptors (Lipinski definition) is 7. The van der Waals surface area contributed by atoms with Crippen LogP contribution in [0.4, 0.5) is 0 Å². The van der Waals surface area contributed by atoms with E-state index in [1.54, 1.807) is 10.9 Å². The zero-order chi connectivity index (χ0) is 26.9. The fraction of sp³-hybridized carbons (Fsp3) is 0.679. The normalized spacial score (nSPS) is 23.3. The topological polar surface area (TPSA) is 122 Å². The van der Waals surface area contributed by atoms with Crippen molar-refractivity contribution in [1.82, 2.24) is 30.2 Å². The van der Waals surface area contributed by atoms with Crippen molar-refractivity contribution >= 4 is 11.8 Å². The number of hydrogen-bond donors (Lipinski definition) is 2. The summed E-state index contributed by atoms with van der Waals surface area (Å²) in [5.74, 6) is 0.512. The minimum atomic E-state index is -0.758. The third-order valence-electron chi connectivity index (χ3n) is 7.81. The summed E-state index contributed by atoms with van der Waals surface area (Å²) in [6.07, 6.45) is 11.2. The summed E-state index contributed by atoms with van der Waals surface area (Å²) >= 11 is 0. The number of aliphatic hydroxyl groups excluding tert-OH is 1. The van der Waals surface area contributed by atoms with Gasteiger partial charge >= 0.3 is 0 Å². The van der Waals surface area contributed by atoms with Gasteiger partial charge < -0.3 is 20.1 Å². The lowest BCUT2D eigenvalue weighted by Crippen LogP contribution is -2.50. The summed E-state index contributed by atoms with van der Waals surface area (Å²) in [5.41, 5.74) is 1.29. The van der Waals surface area contributed by atoms with E-state index in [9.17, 15) is 14.7 Å². The zero-order valence-corrected chi connectivity index (χ0v) is 22.7. The first kappa shape index (κ1) is 26.6. The molecular weight excluding hydrogens is 484 g/mol. The van der Waals surface area contributed by atoms with Gasteiger partial charge in [0.25, 0.3) is 0 Å². The molecule has 3 fully saturated rings. The molecule has 0 bridgehead atoms. The number of nitrogens with one attached hydrogen (secondary N) is 1. The minimum absolute atomic E-state index is 0.114. The number of carbonyl (C=O) groups is 2. The molecule has 2 aliphatic carbocycles. The van der Waals surface area contributed by atoms with Gasteiger partial charge in [-0.25, -0.2) is 9.67 Å². The molecule has 0 spiro atoms. The first-order valence-electron chi connectivity index (χ1n) is 14.0. The lowest BCUT2D eigenvalue weighted by molar-refractivity contribution is -0.144. The summed E-state index contributed by atoms with van der Waals surface area (Å²) < 4.78 is 7.63. The van der Waals surface area contributed by atoms with Crippen molar-refractivity contribution in [3.63, 3.8) is 0 Å². The number of aromatic nitrogens is 4. The van der Waals surface area contributed by atoms with E-state index in [0.29, 0.717) is 11.8 Å². The Kier molecular flexibility index (Phi) is 7.70. The van der Waals surface area contributed by atoms with E-state index < -0.39 is 23.6 Å². The molecule has 206 valence electrons. The quantitative estimate of drug-likeness (QED) is 0.544. The average Bonchev–Trinajstić information content (AvgIpc) is 3.50. The van der Waals surface area contributed by atoms with Gasteiger partial charge in [-0.05, 0) is 49.5 Å². The Bertz CT molecular complexity index is 1120. The molecule has 3 heterocycles. The molecule has 3 atom stereocenters. The number of rotatable bonds is 8. The molecule has 1 aliphatic heterocycles. The van der Waals surface area contributed by atoms with Crippen LogP contribution in [0.5, 0.6) is 5.88 Å². The predicted octanol–water partition coefficient (Wildman–Crippen LogP) is 3.13. The predicted molar refractivity (Wildman–Crippen MR) is 140 cm³/mol. The molecule has 10 nitrogen and oxygen atoms in total. The van der Waals surface area contributed by atoms with Crippen LogP contribution in [0.15, 0.2) is 24.5 Å². The van der Waals surface area contributed by atoms with Gasteiger partial charge in [0.15, 0.2) is 0 Å². The molecule has 38 heavy (non-hydrogen) atoms. The highest BCUT2D eigenvalue weighted by Gasteiger charge is 2.45. The molecule has 2 N–H and O–H groups in total. The van der Waals surface area contributed by atoms with Gasteiger partial charge in [0.2, 0.25) is 17.7 Å². The lowest BCUT2D eigenvalue weighted by atomic mass is 9.85. The van der Waals surface area contributed by atoms with Crippen molar-refractivity contribution in [2.45, 2.75) is 109 Å². The van der Waals surface area contributed by atoms with Gasteiger partial charge in [0.05, 0.1) is 11.8 Å². The van der Waals surface area contributed by atoms with E-state index in [1.807, 2.05) is 39.1 Å². The number of nitrogens with zero attached hydrogens (tertiary/aromatic N) is 5. The largest absolute Gasteiger partial charge is 0.474 e. The van der Waals surface area contributed by atoms with Crippen molar-refractivity contribution in [2.75, 3.05) is 6.54 Å². The summed E-state index contributed by atoms with van der Waals surface area (Å²) in [6.45, 7) is 6.32. The van der Waals surface area contributed by atoms with Gasteiger partial charge in [-0.3, -0.25) is 9.59 Å². The molecule has 10 heteroatoms. The van der Waals surface area contributed by atoms with E-state index in [-0.39, 0.29) is 37.4 Å². The molecule has 5 rings (SSSR count). The van der Waals surface area contributed by atoms with Crippen LogP contribution in [0.25, 0.3) is 0 Å². The summed E-state index contributed by atoms with van der Waals surface area (Å²) in [6, 6.07) is 2.35. The van der Waals surface area contributed by atoms with E-state index in [4.69, 9.17) is 4.74 Å². The van der Waals surface area contributed by atoms with Crippen LogP contribution in [0, 0.1) is 5.41 Å². The fourth-order valence-corrected chi connectivity index (χ4v) is 5.57. The number of pyridine rings is 1. The smallest absolute Gasteiger partial charge is 0.248 e. The van der Waals surface area contributed by atoms with Gasteiger partial charge in [0.1, 0.15) is 18.2 Å².